The predicted octanol–water partition coefficient (Wildman–Crippen LogP) is 1.21. The van der Waals surface area contributed by atoms with Gasteiger partial charge in [-0.15, -0.1) is 0 Å². The van der Waals surface area contributed by atoms with Crippen molar-refractivity contribution in [1.82, 2.24) is 4.90 Å². The maximum Gasteiger partial charge on any atom is 0.306 e. The van der Waals surface area contributed by atoms with E-state index in [0.29, 0.717) is 6.04 Å². The fourth-order valence-corrected chi connectivity index (χ4v) is 3.71. The Labute approximate surface area is 102 Å². The highest BCUT2D eigenvalue weighted by Gasteiger charge is 2.40. The van der Waals surface area contributed by atoms with Gasteiger partial charge < -0.3 is 9.84 Å². The molecule has 2 atom stereocenters. The van der Waals surface area contributed by atoms with Crippen molar-refractivity contribution >= 4 is 5.97 Å². The number of nitrogens with zero attached hydrogens (tertiary/aromatic N) is 1. The summed E-state index contributed by atoms with van der Waals surface area (Å²) in [5.41, 5.74) is 0. The lowest BCUT2D eigenvalue weighted by molar-refractivity contribution is -0.143. The average Bonchev–Trinajstić information content (AvgIpc) is 2.89. The molecule has 2 saturated heterocycles. The maximum absolute atomic E-state index is 10.9. The minimum atomic E-state index is -0.602. The number of hydrogen-bond acceptors (Lipinski definition) is 3. The topological polar surface area (TPSA) is 49.8 Å². The van der Waals surface area contributed by atoms with Crippen LogP contribution in [0.15, 0.2) is 0 Å². The Morgan fingerprint density at radius 2 is 1.65 bits per heavy atom. The molecule has 4 heteroatoms. The molecule has 96 valence electrons. The van der Waals surface area contributed by atoms with Crippen molar-refractivity contribution in [3.63, 3.8) is 0 Å². The summed E-state index contributed by atoms with van der Waals surface area (Å²) < 4.78 is 5.49. The molecule has 2 heterocycles. The van der Waals surface area contributed by atoms with Crippen LogP contribution in [0.4, 0.5) is 0 Å². The zero-order valence-corrected chi connectivity index (χ0v) is 10.2. The van der Waals surface area contributed by atoms with Crippen LogP contribution in [0.1, 0.15) is 25.7 Å². The summed E-state index contributed by atoms with van der Waals surface area (Å²) in [5.74, 6) is 0.797. The van der Waals surface area contributed by atoms with Crippen molar-refractivity contribution in [1.29, 1.82) is 0 Å². The van der Waals surface area contributed by atoms with Gasteiger partial charge in [0.1, 0.15) is 0 Å². The molecule has 3 fully saturated rings. The Bertz CT molecular complexity index is 287. The Morgan fingerprint density at radius 1 is 1.06 bits per heavy atom. The first-order valence-corrected chi connectivity index (χ1v) is 6.78. The van der Waals surface area contributed by atoms with Gasteiger partial charge in [-0.3, -0.25) is 9.69 Å². The smallest absolute Gasteiger partial charge is 0.306 e. The van der Waals surface area contributed by atoms with Crippen LogP contribution in [0.25, 0.3) is 0 Å². The third-order valence-electron chi connectivity index (χ3n) is 4.83. The molecule has 4 nitrogen and oxygen atoms in total. The van der Waals surface area contributed by atoms with Crippen molar-refractivity contribution in [3.8, 4) is 0 Å². The van der Waals surface area contributed by atoms with Crippen molar-refractivity contribution in [2.24, 2.45) is 17.8 Å². The Morgan fingerprint density at radius 3 is 2.18 bits per heavy atom. The second-order valence-electron chi connectivity index (χ2n) is 5.86. The second-order valence-corrected chi connectivity index (χ2v) is 5.86. The molecular formula is C13H21NO3. The number of aliphatic carboxylic acids is 1. The van der Waals surface area contributed by atoms with Gasteiger partial charge in [0.25, 0.3) is 0 Å². The summed E-state index contributed by atoms with van der Waals surface area (Å²) in [6, 6.07) is 0.635. The summed E-state index contributed by atoms with van der Waals surface area (Å²) in [6.45, 7) is 4.22. The molecule has 0 aromatic carbocycles. The first kappa shape index (κ1) is 11.5. The van der Waals surface area contributed by atoms with Crippen LogP contribution >= 0.6 is 0 Å². The van der Waals surface area contributed by atoms with E-state index in [9.17, 15) is 4.79 Å². The van der Waals surface area contributed by atoms with Gasteiger partial charge in [0.2, 0.25) is 0 Å². The average molecular weight is 239 g/mol. The number of carboxylic acid groups (broad SMARTS) is 1. The van der Waals surface area contributed by atoms with E-state index in [0.717, 1.165) is 50.7 Å². The molecule has 17 heavy (non-hydrogen) atoms. The molecule has 3 aliphatic rings. The Hall–Kier alpha value is -0.610. The lowest BCUT2D eigenvalue weighted by Gasteiger charge is -2.33. The molecule has 0 amide bonds. The number of carboxylic acids is 1. The van der Waals surface area contributed by atoms with Crippen LogP contribution in [-0.2, 0) is 9.53 Å². The fourth-order valence-electron chi connectivity index (χ4n) is 3.71. The van der Waals surface area contributed by atoms with Crippen LogP contribution in [0.5, 0.6) is 0 Å². The largest absolute Gasteiger partial charge is 0.481 e. The molecule has 0 aromatic heterocycles. The summed E-state index contributed by atoms with van der Waals surface area (Å²) in [5, 5.41) is 8.99. The third kappa shape index (κ3) is 2.20. The number of carbonyl (C=O) groups is 1. The van der Waals surface area contributed by atoms with E-state index in [-0.39, 0.29) is 5.92 Å². The summed E-state index contributed by atoms with van der Waals surface area (Å²) in [7, 11) is 0. The summed E-state index contributed by atoms with van der Waals surface area (Å²) in [6.07, 6.45) is 3.86. The summed E-state index contributed by atoms with van der Waals surface area (Å²) in [4.78, 5) is 13.5. The molecule has 2 unspecified atom stereocenters. The molecule has 0 spiro atoms. The quantitative estimate of drug-likeness (QED) is 0.787. The predicted molar refractivity (Wildman–Crippen MR) is 62.8 cm³/mol. The molecule has 3 rings (SSSR count). The van der Waals surface area contributed by atoms with E-state index in [1.807, 2.05) is 0 Å². The van der Waals surface area contributed by atoms with Gasteiger partial charge in [0.05, 0.1) is 19.1 Å². The lowest BCUT2D eigenvalue weighted by Crippen LogP contribution is -2.38. The molecule has 0 bridgehead atoms. The monoisotopic (exact) mass is 239 g/mol. The third-order valence-corrected chi connectivity index (χ3v) is 4.83. The summed E-state index contributed by atoms with van der Waals surface area (Å²) >= 11 is 0. The standard InChI is InChI=1S/C13H21NO3/c15-13(16)9-1-3-12(4-2-9)14-5-10-7-17-8-11(10)6-14/h9-12H,1-8H2,(H,15,16). The van der Waals surface area contributed by atoms with Gasteiger partial charge in [-0.05, 0) is 25.7 Å². The van der Waals surface area contributed by atoms with Gasteiger partial charge in [0.15, 0.2) is 0 Å². The molecule has 0 radical (unpaired) electrons. The minimum absolute atomic E-state index is 0.0864. The Balaban J connectivity index is 1.52. The lowest BCUT2D eigenvalue weighted by atomic mass is 9.85. The van der Waals surface area contributed by atoms with Crippen LogP contribution in [0.3, 0.4) is 0 Å². The normalized spacial score (nSPS) is 42.6. The van der Waals surface area contributed by atoms with Gasteiger partial charge in [-0.1, -0.05) is 0 Å². The highest BCUT2D eigenvalue weighted by Crippen LogP contribution is 2.35. The van der Waals surface area contributed by atoms with E-state index in [4.69, 9.17) is 9.84 Å². The maximum atomic E-state index is 10.9. The fraction of sp³-hybridized carbons (Fsp3) is 0.923. The number of likely N-dealkylation sites (tertiary alicyclic amines) is 1. The highest BCUT2D eigenvalue weighted by molar-refractivity contribution is 5.70. The molecule has 2 aliphatic heterocycles. The molecule has 1 saturated carbocycles. The second kappa shape index (κ2) is 4.58. The van der Waals surface area contributed by atoms with Crippen molar-refractivity contribution in [3.05, 3.63) is 0 Å². The number of ether oxygens (including phenoxy) is 1. The van der Waals surface area contributed by atoms with E-state index in [1.165, 1.54) is 13.1 Å². The highest BCUT2D eigenvalue weighted by atomic mass is 16.5. The van der Waals surface area contributed by atoms with E-state index >= 15 is 0 Å². The molecule has 1 aliphatic carbocycles. The zero-order valence-electron chi connectivity index (χ0n) is 10.2. The van der Waals surface area contributed by atoms with Crippen LogP contribution < -0.4 is 0 Å². The van der Waals surface area contributed by atoms with Crippen molar-refractivity contribution in [2.75, 3.05) is 26.3 Å². The first-order chi connectivity index (χ1) is 8.24. The molecule has 1 N–H and O–H groups in total. The molecular weight excluding hydrogens is 218 g/mol. The SMILES string of the molecule is O=C(O)C1CCC(N2CC3COCC3C2)CC1. The van der Waals surface area contributed by atoms with Gasteiger partial charge in [0, 0.05) is 31.0 Å². The minimum Gasteiger partial charge on any atom is -0.481 e. The van der Waals surface area contributed by atoms with Crippen molar-refractivity contribution in [2.45, 2.75) is 31.7 Å². The number of fused-ring (bicyclic) bond motifs is 1. The van der Waals surface area contributed by atoms with E-state index in [2.05, 4.69) is 4.90 Å². The van der Waals surface area contributed by atoms with Gasteiger partial charge in [-0.25, -0.2) is 0 Å². The zero-order chi connectivity index (χ0) is 11.8. The van der Waals surface area contributed by atoms with Gasteiger partial charge in [-0.2, -0.15) is 0 Å². The van der Waals surface area contributed by atoms with Crippen LogP contribution in [-0.4, -0.2) is 48.3 Å². The van der Waals surface area contributed by atoms with Gasteiger partial charge >= 0.3 is 5.97 Å². The molecule has 0 aromatic rings. The van der Waals surface area contributed by atoms with E-state index < -0.39 is 5.97 Å². The Kier molecular flexibility index (Phi) is 3.09. The number of rotatable bonds is 2. The van der Waals surface area contributed by atoms with Crippen LogP contribution in [0, 0.1) is 17.8 Å². The van der Waals surface area contributed by atoms with E-state index in [1.54, 1.807) is 0 Å². The van der Waals surface area contributed by atoms with Crippen molar-refractivity contribution < 1.29 is 14.6 Å². The number of hydrogen-bond donors (Lipinski definition) is 1. The van der Waals surface area contributed by atoms with Crippen LogP contribution in [0.2, 0.25) is 0 Å². The first-order valence-electron chi connectivity index (χ1n) is 6.78.